The molecule has 0 unspecified atom stereocenters. The summed E-state index contributed by atoms with van der Waals surface area (Å²) in [5.41, 5.74) is 28.8. The van der Waals surface area contributed by atoms with Gasteiger partial charge in [-0.3, -0.25) is 0 Å². The van der Waals surface area contributed by atoms with E-state index in [2.05, 4.69) is 479 Å². The van der Waals surface area contributed by atoms with Gasteiger partial charge in [0.05, 0.1) is 44.1 Å². The summed E-state index contributed by atoms with van der Waals surface area (Å²) in [7, 11) is 0. The Morgan fingerprint density at radius 2 is 0.387 bits per heavy atom. The van der Waals surface area contributed by atoms with E-state index in [-0.39, 0.29) is 0 Å². The number of rotatable bonds is 10. The first kappa shape index (κ1) is 70.6. The molecule has 0 bridgehead atoms. The summed E-state index contributed by atoms with van der Waals surface area (Å²) in [4.78, 5) is 0. The topological polar surface area (TPSA) is 19.7 Å². The van der Waals surface area contributed by atoms with Gasteiger partial charge in [0.15, 0.2) is 0 Å². The number of fused-ring (bicyclic) bond motifs is 23. The molecule has 0 aliphatic heterocycles. The van der Waals surface area contributed by atoms with Crippen molar-refractivity contribution in [3.8, 4) is 89.5 Å². The fraction of sp³-hybridized carbons (Fsp3) is 0. The third kappa shape index (κ3) is 11.5. The van der Waals surface area contributed by atoms with Gasteiger partial charge in [-0.25, -0.2) is 0 Å². The van der Waals surface area contributed by atoms with Crippen LogP contribution >= 0.6 is 0 Å². The molecule has 124 heavy (non-hydrogen) atoms. The lowest BCUT2D eigenvalue weighted by molar-refractivity contribution is 1.18. The predicted molar refractivity (Wildman–Crippen MR) is 528 cm³/mol. The van der Waals surface area contributed by atoms with Crippen LogP contribution in [0.3, 0.4) is 0 Å². The molecule has 0 atom stereocenters. The molecule has 4 heterocycles. The Balaban J connectivity index is 0.000000136. The van der Waals surface area contributed by atoms with E-state index in [1.54, 1.807) is 0 Å². The van der Waals surface area contributed by atoms with Crippen LogP contribution in [0.4, 0.5) is 0 Å². The largest absolute Gasteiger partial charge is 0.309 e. The molecule has 0 saturated carbocycles. The summed E-state index contributed by atoms with van der Waals surface area (Å²) in [5, 5.41) is 25.4. The van der Waals surface area contributed by atoms with Crippen molar-refractivity contribution in [3.05, 3.63) is 461 Å². The molecule has 576 valence electrons. The van der Waals surface area contributed by atoms with Gasteiger partial charge in [-0.15, -0.1) is 0 Å². The minimum absolute atomic E-state index is 1.15. The van der Waals surface area contributed by atoms with Gasteiger partial charge in [0.1, 0.15) is 0 Å². The van der Waals surface area contributed by atoms with Gasteiger partial charge in [-0.1, -0.05) is 328 Å². The second kappa shape index (κ2) is 28.7. The van der Waals surface area contributed by atoms with Crippen LogP contribution in [0.15, 0.2) is 461 Å². The van der Waals surface area contributed by atoms with Crippen molar-refractivity contribution in [2.45, 2.75) is 0 Å². The lowest BCUT2D eigenvalue weighted by Crippen LogP contribution is -1.94. The van der Waals surface area contributed by atoms with Gasteiger partial charge in [-0.05, 0) is 265 Å². The van der Waals surface area contributed by atoms with Crippen molar-refractivity contribution >= 4 is 152 Å². The minimum atomic E-state index is 1.15. The lowest BCUT2D eigenvalue weighted by atomic mass is 9.91. The highest BCUT2D eigenvalue weighted by Crippen LogP contribution is 2.46. The Kier molecular flexibility index (Phi) is 16.3. The maximum absolute atomic E-state index is 2.43. The highest BCUT2D eigenvalue weighted by atomic mass is 15.0. The van der Waals surface area contributed by atoms with Crippen LogP contribution in [0.1, 0.15) is 0 Å². The van der Waals surface area contributed by atoms with Gasteiger partial charge < -0.3 is 18.3 Å². The van der Waals surface area contributed by atoms with Gasteiger partial charge in [0, 0.05) is 65.8 Å². The Hall–Kier alpha value is -16.4. The van der Waals surface area contributed by atoms with Crippen LogP contribution in [-0.2, 0) is 0 Å². The molecule has 22 aromatic carbocycles. The smallest absolute Gasteiger partial charge is 0.0541 e. The Morgan fingerprint density at radius 1 is 0.113 bits per heavy atom. The van der Waals surface area contributed by atoms with Gasteiger partial charge in [0.25, 0.3) is 0 Å². The van der Waals surface area contributed by atoms with E-state index in [1.807, 2.05) is 0 Å². The van der Waals surface area contributed by atoms with Crippen LogP contribution in [0, 0.1) is 0 Å². The fourth-order valence-corrected chi connectivity index (χ4v) is 20.4. The van der Waals surface area contributed by atoms with E-state index in [0.29, 0.717) is 0 Å². The molecule has 26 rings (SSSR count). The summed E-state index contributed by atoms with van der Waals surface area (Å²) >= 11 is 0. The molecule has 4 aromatic heterocycles. The lowest BCUT2D eigenvalue weighted by Gasteiger charge is -2.14. The predicted octanol–water partition coefficient (Wildman–Crippen LogP) is 32.7. The van der Waals surface area contributed by atoms with Gasteiger partial charge in [-0.2, -0.15) is 0 Å². The zero-order valence-corrected chi connectivity index (χ0v) is 67.7. The van der Waals surface area contributed by atoms with Crippen molar-refractivity contribution in [2.75, 3.05) is 0 Å². The van der Waals surface area contributed by atoms with E-state index in [1.165, 1.54) is 219 Å². The average Bonchev–Trinajstić information content (AvgIpc) is 1.38. The van der Waals surface area contributed by atoms with E-state index in [0.717, 1.165) is 22.7 Å². The summed E-state index contributed by atoms with van der Waals surface area (Å²) < 4.78 is 9.65. The third-order valence-electron chi connectivity index (χ3n) is 26.2. The molecule has 0 aliphatic carbocycles. The number of benzene rings is 22. The maximum Gasteiger partial charge on any atom is 0.0541 e. The second-order valence-corrected chi connectivity index (χ2v) is 33.0. The number of hydrogen-bond acceptors (Lipinski definition) is 0. The Bertz CT molecular complexity index is 8790. The molecule has 0 saturated heterocycles. The van der Waals surface area contributed by atoms with Crippen LogP contribution in [0.2, 0.25) is 0 Å². The zero-order chi connectivity index (χ0) is 81.5. The van der Waals surface area contributed by atoms with E-state index in [4.69, 9.17) is 0 Å². The molecule has 26 aromatic rings. The average molecular weight is 1570 g/mol. The van der Waals surface area contributed by atoms with Crippen molar-refractivity contribution in [1.29, 1.82) is 0 Å². The van der Waals surface area contributed by atoms with Gasteiger partial charge >= 0.3 is 0 Å². The first-order chi connectivity index (χ1) is 61.5. The Morgan fingerprint density at radius 3 is 0.815 bits per heavy atom. The number of nitrogens with zero attached hydrogens (tertiary/aromatic N) is 4. The minimum Gasteiger partial charge on any atom is -0.309 e. The highest BCUT2D eigenvalue weighted by molar-refractivity contribution is 6.27. The van der Waals surface area contributed by atoms with Crippen LogP contribution in [0.5, 0.6) is 0 Å². The summed E-state index contributed by atoms with van der Waals surface area (Å²) in [6.07, 6.45) is 0. The number of hydrogen-bond donors (Lipinski definition) is 0. The molecule has 0 fully saturated rings. The van der Waals surface area contributed by atoms with Crippen molar-refractivity contribution in [1.82, 2.24) is 18.3 Å². The second-order valence-electron chi connectivity index (χ2n) is 33.0. The van der Waals surface area contributed by atoms with Crippen molar-refractivity contribution < 1.29 is 0 Å². The van der Waals surface area contributed by atoms with Crippen LogP contribution in [-0.4, -0.2) is 18.3 Å². The first-order valence-corrected chi connectivity index (χ1v) is 42.8. The maximum atomic E-state index is 2.43. The van der Waals surface area contributed by atoms with E-state index in [9.17, 15) is 0 Å². The van der Waals surface area contributed by atoms with Gasteiger partial charge in [0.2, 0.25) is 0 Å². The number of aromatic nitrogens is 4. The molecule has 4 heteroatoms. The standard InChI is InChI=1S/2C60H38N2/c1-2-13-39(14-3-1)40-25-30-45(31-26-40)61-57-23-10-8-21-52(57)55-37-43(28-33-59(55)61)44-29-34-60-56(38-44)53-22-9-11-24-58(53)62(60)46-16-12-15-41(35-46)42-27-32-51-49-19-5-4-17-47(49)48-18-6-7-20-50(48)54(51)36-42;1-2-12-39(13-3-1)40-24-30-46(31-25-40)61-56-20-10-8-17-50(56)54-36-43(28-34-58(54)61)44-29-35-59-55(37-44)51-18-9-11-21-57(51)62(59)47-32-26-42(27-33-47)53-38-45-23-22-41-14-4-5-15-48(41)60(45)52-19-7-6-16-49(52)53/h2*1-38H. The van der Waals surface area contributed by atoms with E-state index < -0.39 is 0 Å². The summed E-state index contributed by atoms with van der Waals surface area (Å²) in [6, 6.07) is 169. The van der Waals surface area contributed by atoms with Crippen molar-refractivity contribution in [3.63, 3.8) is 0 Å². The highest BCUT2D eigenvalue weighted by Gasteiger charge is 2.22. The normalized spacial score (nSPS) is 11.9. The van der Waals surface area contributed by atoms with E-state index >= 15 is 0 Å². The van der Waals surface area contributed by atoms with Crippen LogP contribution in [0.25, 0.3) is 241 Å². The SMILES string of the molecule is c1ccc(-c2ccc(-n3c4ccccc4c4cc(-c5ccc6c(c5)c5ccccc5n6-c5ccc(-c6cc7ccc8ccccc8c7c7ccccc67)cc5)ccc43)cc2)cc1.c1ccc(-c2ccc(-n3c4ccccc4c4cc(-c5ccc6c(c5)c5ccccc5n6-c5cccc(-c6ccc7c8ccccc8c8ccccc8c7c6)c5)ccc43)cc2)cc1. The van der Waals surface area contributed by atoms with Crippen molar-refractivity contribution in [2.24, 2.45) is 0 Å². The molecule has 0 N–H and O–H groups in total. The zero-order valence-electron chi connectivity index (χ0n) is 67.7. The molecule has 0 radical (unpaired) electrons. The third-order valence-corrected chi connectivity index (χ3v) is 26.2. The quantitative estimate of drug-likeness (QED) is 0.122. The number of para-hydroxylation sites is 4. The fourth-order valence-electron chi connectivity index (χ4n) is 20.4. The summed E-state index contributed by atoms with van der Waals surface area (Å²) in [5.74, 6) is 0. The summed E-state index contributed by atoms with van der Waals surface area (Å²) in [6.45, 7) is 0. The molecule has 4 nitrogen and oxygen atoms in total. The molecular formula is C120H76N4. The molecule has 0 spiro atoms. The molecule has 0 aliphatic rings. The first-order valence-electron chi connectivity index (χ1n) is 42.8. The van der Waals surface area contributed by atoms with Crippen LogP contribution < -0.4 is 0 Å². The molecular weight excluding hydrogens is 1500 g/mol. The monoisotopic (exact) mass is 1570 g/mol. The molecule has 0 amide bonds. The Labute approximate surface area is 715 Å².